The first kappa shape index (κ1) is 29.0. The van der Waals surface area contributed by atoms with Gasteiger partial charge in [0, 0.05) is 6.54 Å². The van der Waals surface area contributed by atoms with Crippen molar-refractivity contribution in [1.29, 1.82) is 5.41 Å². The maximum Gasteiger partial charge on any atom is 0.243 e. The lowest BCUT2D eigenvalue weighted by Gasteiger charge is -2.30. The zero-order valence-electron chi connectivity index (χ0n) is 22.2. The minimum Gasteiger partial charge on any atom is -0.494 e. The fourth-order valence-corrected chi connectivity index (χ4v) is 4.17. The van der Waals surface area contributed by atoms with Crippen LogP contribution in [0.5, 0.6) is 17.2 Å². The van der Waals surface area contributed by atoms with Gasteiger partial charge in [0.2, 0.25) is 11.8 Å². The number of halogens is 1. The summed E-state index contributed by atoms with van der Waals surface area (Å²) in [5, 5.41) is 11.0. The molecule has 0 radical (unpaired) electrons. The Morgan fingerprint density at radius 2 is 1.54 bits per heavy atom. The van der Waals surface area contributed by atoms with E-state index in [4.69, 9.17) is 25.4 Å². The Bertz CT molecular complexity index is 1300. The Kier molecular flexibility index (Phi) is 10.3. The van der Waals surface area contributed by atoms with Crippen molar-refractivity contribution in [2.45, 2.75) is 31.8 Å². The van der Waals surface area contributed by atoms with Crippen molar-refractivity contribution < 1.29 is 28.2 Å². The summed E-state index contributed by atoms with van der Waals surface area (Å²) in [6.07, 6.45) is 0.570. The average molecular weight is 537 g/mol. The number of benzene rings is 3. The largest absolute Gasteiger partial charge is 0.494 e. The first-order valence-electron chi connectivity index (χ1n) is 12.3. The molecule has 0 heterocycles. The lowest BCUT2D eigenvalue weighted by Crippen LogP contribution is -2.55. The first-order chi connectivity index (χ1) is 18.8. The number of methoxy groups -OCH3 is 3. The van der Waals surface area contributed by atoms with E-state index in [0.29, 0.717) is 29.0 Å². The molecule has 39 heavy (non-hydrogen) atoms. The van der Waals surface area contributed by atoms with Gasteiger partial charge in [-0.25, -0.2) is 4.39 Å². The van der Waals surface area contributed by atoms with Gasteiger partial charge in [-0.1, -0.05) is 42.5 Å². The van der Waals surface area contributed by atoms with Crippen LogP contribution in [-0.4, -0.2) is 50.0 Å². The van der Waals surface area contributed by atoms with Crippen LogP contribution in [0.25, 0.3) is 0 Å². The van der Waals surface area contributed by atoms with Crippen LogP contribution in [-0.2, 0) is 29.0 Å². The molecule has 206 valence electrons. The molecule has 3 rings (SSSR count). The predicted molar refractivity (Wildman–Crippen MR) is 145 cm³/mol. The molecule has 0 unspecified atom stereocenters. The number of carbonyl (C=O) groups excluding carboxylic acids is 2. The number of ether oxygens (including phenoxy) is 3. The maximum atomic E-state index is 13.8. The molecule has 0 saturated heterocycles. The van der Waals surface area contributed by atoms with Crippen LogP contribution >= 0.6 is 0 Å². The second-order valence-electron chi connectivity index (χ2n) is 8.74. The van der Waals surface area contributed by atoms with Gasteiger partial charge in [0.15, 0.2) is 29.0 Å². The van der Waals surface area contributed by atoms with E-state index < -0.39 is 29.6 Å². The lowest BCUT2D eigenvalue weighted by molar-refractivity contribution is -0.136. The van der Waals surface area contributed by atoms with Gasteiger partial charge in [-0.15, -0.1) is 0 Å². The smallest absolute Gasteiger partial charge is 0.243 e. The summed E-state index contributed by atoms with van der Waals surface area (Å²) in [7, 11) is 4.36. The molecule has 3 aromatic carbocycles. The number of nitrogens with two attached hydrogens (primary N) is 1. The van der Waals surface area contributed by atoms with E-state index in [1.54, 1.807) is 18.2 Å². The average Bonchev–Trinajstić information content (AvgIpc) is 2.94. The fourth-order valence-electron chi connectivity index (χ4n) is 4.17. The van der Waals surface area contributed by atoms with Gasteiger partial charge in [-0.3, -0.25) is 19.9 Å². The molecule has 0 aliphatic carbocycles. The summed E-state index contributed by atoms with van der Waals surface area (Å²) >= 11 is 0. The zero-order chi connectivity index (χ0) is 28.4. The second kappa shape index (κ2) is 13.8. The number of amides is 2. The Labute approximate surface area is 227 Å². The summed E-state index contributed by atoms with van der Waals surface area (Å²) < 4.78 is 29.4. The summed E-state index contributed by atoms with van der Waals surface area (Å²) in [4.78, 5) is 27.9. The van der Waals surface area contributed by atoms with Gasteiger partial charge in [-0.2, -0.15) is 0 Å². The van der Waals surface area contributed by atoms with Crippen molar-refractivity contribution >= 4 is 17.8 Å². The number of nitrogens with one attached hydrogen (secondary N) is 2. The van der Waals surface area contributed by atoms with E-state index in [0.717, 1.165) is 10.5 Å². The quantitative estimate of drug-likeness (QED) is 0.240. The van der Waals surface area contributed by atoms with Gasteiger partial charge >= 0.3 is 0 Å². The van der Waals surface area contributed by atoms with Crippen LogP contribution in [0, 0.1) is 11.2 Å². The number of hydrogen-bond acceptors (Lipinski definition) is 6. The van der Waals surface area contributed by atoms with Crippen molar-refractivity contribution in [3.8, 4) is 17.2 Å². The van der Waals surface area contributed by atoms with Crippen LogP contribution in [0.4, 0.5) is 4.39 Å². The molecule has 1 atom stereocenters. The minimum absolute atomic E-state index is 0.0536. The molecule has 2 amide bonds. The number of aryl methyl sites for hydroxylation is 1. The van der Waals surface area contributed by atoms with E-state index in [2.05, 4.69) is 5.32 Å². The van der Waals surface area contributed by atoms with Crippen molar-refractivity contribution in [3.05, 3.63) is 89.2 Å². The van der Waals surface area contributed by atoms with Crippen molar-refractivity contribution in [3.63, 3.8) is 0 Å². The summed E-state index contributed by atoms with van der Waals surface area (Å²) in [5.41, 5.74) is 8.04. The predicted octanol–water partition coefficient (Wildman–Crippen LogP) is 3.43. The Morgan fingerprint density at radius 3 is 2.18 bits per heavy atom. The van der Waals surface area contributed by atoms with Crippen LogP contribution in [0.15, 0.2) is 66.7 Å². The van der Waals surface area contributed by atoms with E-state index in [-0.39, 0.29) is 25.1 Å². The Hall–Kier alpha value is -4.60. The van der Waals surface area contributed by atoms with E-state index in [1.807, 2.05) is 30.3 Å². The molecular formula is C29H33FN4O5. The van der Waals surface area contributed by atoms with Crippen molar-refractivity contribution in [2.24, 2.45) is 5.73 Å². The molecule has 4 N–H and O–H groups in total. The molecule has 0 bridgehead atoms. The molecule has 0 aliphatic heterocycles. The molecule has 0 saturated carbocycles. The fraction of sp³-hybridized carbons (Fsp3) is 0.276. The second-order valence-corrected chi connectivity index (χ2v) is 8.74. The third-order valence-corrected chi connectivity index (χ3v) is 6.18. The standard InChI is InChI=1S/C29H33FN4O5/c1-37-24-14-11-20(15-26(24)39-3)17-27(35)34(29(31)32)23(13-10-19-7-5-4-6-8-19)28(36)33-18-21-9-12-22(30)25(16-21)38-2/h4-9,11-12,14-16,23H,10,13,17-18H2,1-3H3,(H3,31,32)(H,33,36)/t23-/m1/s1. The van der Waals surface area contributed by atoms with Gasteiger partial charge < -0.3 is 25.3 Å². The zero-order valence-corrected chi connectivity index (χ0v) is 22.2. The van der Waals surface area contributed by atoms with Gasteiger partial charge in [0.1, 0.15) is 6.04 Å². The van der Waals surface area contributed by atoms with E-state index in [1.165, 1.54) is 39.5 Å². The van der Waals surface area contributed by atoms with Crippen molar-refractivity contribution in [2.75, 3.05) is 21.3 Å². The lowest BCUT2D eigenvalue weighted by atomic mass is 10.0. The number of hydrogen-bond donors (Lipinski definition) is 3. The topological polar surface area (TPSA) is 127 Å². The Balaban J connectivity index is 1.84. The van der Waals surface area contributed by atoms with E-state index in [9.17, 15) is 14.0 Å². The normalized spacial score (nSPS) is 11.3. The number of nitrogens with zero attached hydrogens (tertiary/aromatic N) is 1. The monoisotopic (exact) mass is 536 g/mol. The molecule has 3 aromatic rings. The highest BCUT2D eigenvalue weighted by Gasteiger charge is 2.32. The van der Waals surface area contributed by atoms with E-state index >= 15 is 0 Å². The van der Waals surface area contributed by atoms with Gasteiger partial charge in [0.05, 0.1) is 27.8 Å². The van der Waals surface area contributed by atoms with Crippen LogP contribution < -0.4 is 25.3 Å². The van der Waals surface area contributed by atoms with Crippen LogP contribution in [0.3, 0.4) is 0 Å². The third-order valence-electron chi connectivity index (χ3n) is 6.18. The SMILES string of the molecule is COc1cc(CNC(=O)[C@@H](CCc2ccccc2)N(C(=N)N)C(=O)Cc2ccc(OC)c(OC)c2)ccc1F. The Morgan fingerprint density at radius 1 is 0.897 bits per heavy atom. The highest BCUT2D eigenvalue weighted by atomic mass is 19.1. The highest BCUT2D eigenvalue weighted by Crippen LogP contribution is 2.28. The molecule has 0 aromatic heterocycles. The third kappa shape index (κ3) is 7.70. The molecular weight excluding hydrogens is 503 g/mol. The molecule has 9 nitrogen and oxygen atoms in total. The molecule has 0 spiro atoms. The number of carbonyl (C=O) groups is 2. The van der Waals surface area contributed by atoms with Gasteiger partial charge in [-0.05, 0) is 53.8 Å². The summed E-state index contributed by atoms with van der Waals surface area (Å²) in [5.74, 6) is -1.07. The minimum atomic E-state index is -1.06. The van der Waals surface area contributed by atoms with Crippen LogP contribution in [0.1, 0.15) is 23.1 Å². The summed E-state index contributed by atoms with van der Waals surface area (Å²) in [6, 6.07) is 17.8. The number of guanidine groups is 1. The molecule has 10 heteroatoms. The summed E-state index contributed by atoms with van der Waals surface area (Å²) in [6.45, 7) is 0.0624. The highest BCUT2D eigenvalue weighted by molar-refractivity contribution is 6.00. The maximum absolute atomic E-state index is 13.8. The molecule has 0 fully saturated rings. The van der Waals surface area contributed by atoms with Gasteiger partial charge in [0.25, 0.3) is 0 Å². The number of rotatable bonds is 12. The van der Waals surface area contributed by atoms with Crippen LogP contribution in [0.2, 0.25) is 0 Å². The first-order valence-corrected chi connectivity index (χ1v) is 12.3. The molecule has 0 aliphatic rings. The van der Waals surface area contributed by atoms with Crippen molar-refractivity contribution in [1.82, 2.24) is 10.2 Å².